The summed E-state index contributed by atoms with van der Waals surface area (Å²) in [5.41, 5.74) is 3.17. The molecule has 35 heavy (non-hydrogen) atoms. The van der Waals surface area contributed by atoms with Gasteiger partial charge in [0.15, 0.2) is 5.82 Å². The van der Waals surface area contributed by atoms with E-state index in [1.54, 1.807) is 11.9 Å². The lowest BCUT2D eigenvalue weighted by Crippen LogP contribution is -2.53. The lowest BCUT2D eigenvalue weighted by molar-refractivity contribution is -0.120. The fraction of sp³-hybridized carbons (Fsp3) is 0.308. The Morgan fingerprint density at radius 2 is 1.74 bits per heavy atom. The minimum Gasteiger partial charge on any atom is -0.350 e. The maximum absolute atomic E-state index is 13.1. The van der Waals surface area contributed by atoms with Gasteiger partial charge in [0.1, 0.15) is 17.0 Å². The highest BCUT2D eigenvalue weighted by Gasteiger charge is 2.58. The molecule has 2 N–H and O–H groups in total. The fourth-order valence-corrected chi connectivity index (χ4v) is 4.51. The molecule has 2 aromatic carbocycles. The number of nitrogens with zero attached hydrogens (tertiary/aromatic N) is 4. The van der Waals surface area contributed by atoms with Crippen molar-refractivity contribution in [1.29, 1.82) is 0 Å². The SMILES string of the molecule is CCc1nc(NCc2ccc(NC(=O)c3ccc(F)cc3)cc2)nc2c1N(C)C(=O)C1(CC1)N2C. The maximum atomic E-state index is 13.1. The molecule has 8 nitrogen and oxygen atoms in total. The number of rotatable bonds is 6. The van der Waals surface area contributed by atoms with Gasteiger partial charge < -0.3 is 20.4 Å². The number of benzene rings is 2. The molecule has 0 atom stereocenters. The van der Waals surface area contributed by atoms with Crippen LogP contribution in [0.1, 0.15) is 41.4 Å². The Balaban J connectivity index is 1.28. The number of fused-ring (bicyclic) bond motifs is 1. The van der Waals surface area contributed by atoms with Gasteiger partial charge in [0.25, 0.3) is 11.8 Å². The van der Waals surface area contributed by atoms with Gasteiger partial charge in [0.05, 0.1) is 5.69 Å². The van der Waals surface area contributed by atoms with Gasteiger partial charge in [-0.25, -0.2) is 9.37 Å². The third kappa shape index (κ3) is 4.07. The van der Waals surface area contributed by atoms with Gasteiger partial charge in [-0.1, -0.05) is 19.1 Å². The van der Waals surface area contributed by atoms with Crippen LogP contribution in [0.3, 0.4) is 0 Å². The van der Waals surface area contributed by atoms with Crippen molar-refractivity contribution < 1.29 is 14.0 Å². The number of carbonyl (C=O) groups is 2. The number of nitrogens with one attached hydrogen (secondary N) is 2. The van der Waals surface area contributed by atoms with E-state index in [1.165, 1.54) is 24.3 Å². The van der Waals surface area contributed by atoms with Gasteiger partial charge in [0, 0.05) is 31.9 Å². The molecular weight excluding hydrogens is 447 g/mol. The summed E-state index contributed by atoms with van der Waals surface area (Å²) < 4.78 is 13.1. The van der Waals surface area contributed by atoms with Crippen LogP contribution in [-0.4, -0.2) is 41.4 Å². The van der Waals surface area contributed by atoms with Crippen LogP contribution in [-0.2, 0) is 17.8 Å². The second kappa shape index (κ2) is 8.65. The van der Waals surface area contributed by atoms with E-state index in [0.29, 0.717) is 30.2 Å². The van der Waals surface area contributed by atoms with Gasteiger partial charge in [-0.05, 0) is 61.2 Å². The monoisotopic (exact) mass is 474 g/mol. The summed E-state index contributed by atoms with van der Waals surface area (Å²) in [6, 6.07) is 12.9. The fourth-order valence-electron chi connectivity index (χ4n) is 4.51. The molecular formula is C26H27FN6O2. The topological polar surface area (TPSA) is 90.5 Å². The lowest BCUT2D eigenvalue weighted by atomic mass is 10.1. The normalized spacial score (nSPS) is 15.7. The predicted octanol–water partition coefficient (Wildman–Crippen LogP) is 3.99. The van der Waals surface area contributed by atoms with Crippen molar-refractivity contribution in [2.24, 2.45) is 0 Å². The Morgan fingerprint density at radius 3 is 2.37 bits per heavy atom. The number of likely N-dealkylation sites (N-methyl/N-ethyl adjacent to an activating group) is 2. The van der Waals surface area contributed by atoms with E-state index in [1.807, 2.05) is 43.1 Å². The van der Waals surface area contributed by atoms with E-state index in [9.17, 15) is 14.0 Å². The molecule has 1 aliphatic carbocycles. The molecule has 5 rings (SSSR count). The van der Waals surface area contributed by atoms with Crippen molar-refractivity contribution in [1.82, 2.24) is 9.97 Å². The molecule has 3 aromatic rings. The number of halogens is 1. The van der Waals surface area contributed by atoms with Crippen LogP contribution in [0.25, 0.3) is 0 Å². The van der Waals surface area contributed by atoms with Crippen LogP contribution in [0.5, 0.6) is 0 Å². The summed E-state index contributed by atoms with van der Waals surface area (Å²) in [6.07, 6.45) is 2.36. The number of aryl methyl sites for hydroxylation is 1. The summed E-state index contributed by atoms with van der Waals surface area (Å²) in [5, 5.41) is 6.11. The Bertz CT molecular complexity index is 1290. The van der Waals surface area contributed by atoms with E-state index in [0.717, 1.165) is 35.6 Å². The highest BCUT2D eigenvalue weighted by Crippen LogP contribution is 2.51. The van der Waals surface area contributed by atoms with Crippen LogP contribution in [0.2, 0.25) is 0 Å². The standard InChI is InChI=1S/C26H27FN6O2/c1-4-20-21-22(33(3)26(13-14-26)24(35)32(21)2)31-25(30-20)28-15-16-5-11-19(12-6-16)29-23(34)17-7-9-18(27)10-8-17/h5-12H,4,13-15H2,1-3H3,(H,29,34)(H,28,30,31). The molecule has 1 spiro atoms. The van der Waals surface area contributed by atoms with Gasteiger partial charge in [-0.2, -0.15) is 4.98 Å². The zero-order chi connectivity index (χ0) is 24.7. The maximum Gasteiger partial charge on any atom is 0.255 e. The Labute approximate surface area is 203 Å². The zero-order valence-corrected chi connectivity index (χ0v) is 19.9. The number of hydrogen-bond donors (Lipinski definition) is 2. The van der Waals surface area contributed by atoms with E-state index in [4.69, 9.17) is 4.98 Å². The molecule has 180 valence electrons. The average Bonchev–Trinajstić information content (AvgIpc) is 3.68. The molecule has 0 saturated heterocycles. The number of hydrogen-bond acceptors (Lipinski definition) is 6. The molecule has 2 amide bonds. The van der Waals surface area contributed by atoms with Gasteiger partial charge in [-0.3, -0.25) is 9.59 Å². The first-order chi connectivity index (χ1) is 16.8. The van der Waals surface area contributed by atoms with Gasteiger partial charge >= 0.3 is 0 Å². The molecule has 9 heteroatoms. The minimum absolute atomic E-state index is 0.109. The second-order valence-electron chi connectivity index (χ2n) is 8.99. The van der Waals surface area contributed by atoms with Gasteiger partial charge in [0.2, 0.25) is 5.95 Å². The van der Waals surface area contributed by atoms with Gasteiger partial charge in [-0.15, -0.1) is 0 Å². The third-order valence-electron chi connectivity index (χ3n) is 6.76. The average molecular weight is 475 g/mol. The zero-order valence-electron chi connectivity index (χ0n) is 19.9. The summed E-state index contributed by atoms with van der Waals surface area (Å²) in [5.74, 6) is 0.716. The largest absolute Gasteiger partial charge is 0.350 e. The molecule has 1 fully saturated rings. The number of anilines is 4. The second-order valence-corrected chi connectivity index (χ2v) is 8.99. The Hall–Kier alpha value is -4.01. The van der Waals surface area contributed by atoms with E-state index >= 15 is 0 Å². The smallest absolute Gasteiger partial charge is 0.255 e. The van der Waals surface area contributed by atoms with Crippen molar-refractivity contribution >= 4 is 35.0 Å². The highest BCUT2D eigenvalue weighted by atomic mass is 19.1. The van der Waals surface area contributed by atoms with E-state index in [2.05, 4.69) is 15.6 Å². The quantitative estimate of drug-likeness (QED) is 0.562. The van der Waals surface area contributed by atoms with Crippen LogP contribution >= 0.6 is 0 Å². The molecule has 1 saturated carbocycles. The summed E-state index contributed by atoms with van der Waals surface area (Å²) in [7, 11) is 3.74. The molecule has 0 radical (unpaired) electrons. The summed E-state index contributed by atoms with van der Waals surface area (Å²) >= 11 is 0. The summed E-state index contributed by atoms with van der Waals surface area (Å²) in [4.78, 5) is 38.4. The third-order valence-corrected chi connectivity index (χ3v) is 6.76. The van der Waals surface area contributed by atoms with Crippen molar-refractivity contribution in [3.63, 3.8) is 0 Å². The summed E-state index contributed by atoms with van der Waals surface area (Å²) in [6.45, 7) is 2.52. The van der Waals surface area contributed by atoms with Crippen molar-refractivity contribution in [2.75, 3.05) is 34.5 Å². The van der Waals surface area contributed by atoms with Crippen LogP contribution in [0.4, 0.5) is 27.5 Å². The molecule has 1 aliphatic heterocycles. The number of amides is 2. The van der Waals surface area contributed by atoms with E-state index in [-0.39, 0.29) is 17.6 Å². The molecule has 2 aliphatic rings. The molecule has 0 bridgehead atoms. The van der Waals surface area contributed by atoms with Crippen LogP contribution in [0, 0.1) is 5.82 Å². The van der Waals surface area contributed by atoms with Crippen molar-refractivity contribution in [3.8, 4) is 0 Å². The first kappa shape index (κ1) is 22.8. The first-order valence-corrected chi connectivity index (χ1v) is 11.6. The van der Waals surface area contributed by atoms with Crippen LogP contribution < -0.4 is 20.4 Å². The first-order valence-electron chi connectivity index (χ1n) is 11.6. The van der Waals surface area contributed by atoms with Crippen molar-refractivity contribution in [2.45, 2.75) is 38.3 Å². The Morgan fingerprint density at radius 1 is 1.06 bits per heavy atom. The van der Waals surface area contributed by atoms with Crippen molar-refractivity contribution in [3.05, 3.63) is 71.2 Å². The minimum atomic E-state index is -0.466. The molecule has 2 heterocycles. The Kier molecular flexibility index (Phi) is 5.62. The molecule has 0 unspecified atom stereocenters. The number of aromatic nitrogens is 2. The van der Waals surface area contributed by atoms with E-state index < -0.39 is 5.54 Å². The number of carbonyl (C=O) groups excluding carboxylic acids is 2. The predicted molar refractivity (Wildman–Crippen MR) is 133 cm³/mol. The molecule has 1 aromatic heterocycles. The highest BCUT2D eigenvalue weighted by molar-refractivity contribution is 6.09. The van der Waals surface area contributed by atoms with Crippen LogP contribution in [0.15, 0.2) is 48.5 Å². The lowest BCUT2D eigenvalue weighted by Gasteiger charge is -2.40.